The van der Waals surface area contributed by atoms with E-state index >= 15 is 0 Å². The minimum Gasteiger partial charge on any atom is -0.481 e. The highest BCUT2D eigenvalue weighted by Gasteiger charge is 2.18. The van der Waals surface area contributed by atoms with Crippen LogP contribution in [0.5, 0.6) is 0 Å². The quantitative estimate of drug-likeness (QED) is 0.767. The zero-order chi connectivity index (χ0) is 12.0. The van der Waals surface area contributed by atoms with Gasteiger partial charge in [-0.15, -0.1) is 11.3 Å². The number of hydrogen-bond acceptors (Lipinski definition) is 4. The highest BCUT2D eigenvalue weighted by atomic mass is 32.1. The molecule has 0 saturated carbocycles. The summed E-state index contributed by atoms with van der Waals surface area (Å²) in [6, 6.07) is 0. The van der Waals surface area contributed by atoms with Crippen LogP contribution in [-0.2, 0) is 11.3 Å². The van der Waals surface area contributed by atoms with Gasteiger partial charge in [0.2, 0.25) is 0 Å². The van der Waals surface area contributed by atoms with Crippen molar-refractivity contribution in [2.45, 2.75) is 26.8 Å². The van der Waals surface area contributed by atoms with E-state index in [9.17, 15) is 4.79 Å². The van der Waals surface area contributed by atoms with Crippen molar-refractivity contribution in [2.75, 3.05) is 6.54 Å². The molecule has 1 heterocycles. The Morgan fingerprint density at radius 1 is 1.62 bits per heavy atom. The van der Waals surface area contributed by atoms with E-state index in [1.54, 1.807) is 16.8 Å². The van der Waals surface area contributed by atoms with Gasteiger partial charge in [-0.3, -0.25) is 4.79 Å². The fraction of sp³-hybridized carbons (Fsp3) is 0.636. The van der Waals surface area contributed by atoms with Crippen molar-refractivity contribution in [3.8, 4) is 0 Å². The smallest absolute Gasteiger partial charge is 0.307 e. The molecule has 0 radical (unpaired) electrons. The van der Waals surface area contributed by atoms with Crippen LogP contribution in [-0.4, -0.2) is 22.6 Å². The number of nitrogens with zero attached hydrogens (tertiary/aromatic N) is 1. The monoisotopic (exact) mass is 242 g/mol. The predicted octanol–water partition coefficient (Wildman–Crippen LogP) is 1.98. The van der Waals surface area contributed by atoms with Crippen molar-refractivity contribution >= 4 is 17.3 Å². The van der Waals surface area contributed by atoms with Crippen molar-refractivity contribution in [1.29, 1.82) is 0 Å². The van der Waals surface area contributed by atoms with Crippen LogP contribution in [0.3, 0.4) is 0 Å². The summed E-state index contributed by atoms with van der Waals surface area (Å²) >= 11 is 1.55. The number of aromatic nitrogens is 1. The summed E-state index contributed by atoms with van der Waals surface area (Å²) in [5.41, 5.74) is 2.75. The van der Waals surface area contributed by atoms with Gasteiger partial charge in [-0.2, -0.15) is 0 Å². The molecule has 1 aromatic rings. The Morgan fingerprint density at radius 2 is 2.38 bits per heavy atom. The topological polar surface area (TPSA) is 62.2 Å². The lowest BCUT2D eigenvalue weighted by Crippen LogP contribution is -2.29. The summed E-state index contributed by atoms with van der Waals surface area (Å²) in [7, 11) is 0. The Hall–Kier alpha value is -0.940. The first kappa shape index (κ1) is 13.1. The molecule has 1 atom stereocenters. The molecular weight excluding hydrogens is 224 g/mol. The van der Waals surface area contributed by atoms with E-state index in [0.717, 1.165) is 5.69 Å². The van der Waals surface area contributed by atoms with Crippen molar-refractivity contribution in [3.05, 3.63) is 16.6 Å². The minimum atomic E-state index is -0.723. The van der Waals surface area contributed by atoms with Crippen LogP contribution in [0.4, 0.5) is 0 Å². The summed E-state index contributed by atoms with van der Waals surface area (Å²) in [6.07, 6.45) is 0.708. The van der Waals surface area contributed by atoms with E-state index in [1.165, 1.54) is 0 Å². The first-order valence-corrected chi connectivity index (χ1v) is 6.34. The minimum absolute atomic E-state index is 0.307. The van der Waals surface area contributed by atoms with Gasteiger partial charge in [0, 0.05) is 18.5 Å². The summed E-state index contributed by atoms with van der Waals surface area (Å²) in [5.74, 6) is -0.625. The second-order valence-corrected chi connectivity index (χ2v) is 4.99. The van der Waals surface area contributed by atoms with E-state index in [1.807, 2.05) is 19.2 Å². The van der Waals surface area contributed by atoms with E-state index in [-0.39, 0.29) is 5.92 Å². The zero-order valence-electron chi connectivity index (χ0n) is 9.64. The molecule has 1 unspecified atom stereocenters. The van der Waals surface area contributed by atoms with Gasteiger partial charge < -0.3 is 10.4 Å². The van der Waals surface area contributed by atoms with Crippen LogP contribution in [0.25, 0.3) is 0 Å². The van der Waals surface area contributed by atoms with Crippen LogP contribution in [0, 0.1) is 11.8 Å². The van der Waals surface area contributed by atoms with Crippen molar-refractivity contribution in [2.24, 2.45) is 11.8 Å². The van der Waals surface area contributed by atoms with Crippen molar-refractivity contribution in [1.82, 2.24) is 10.3 Å². The lowest BCUT2D eigenvalue weighted by Gasteiger charge is -2.14. The molecule has 0 aliphatic rings. The molecule has 1 aromatic heterocycles. The Balaban J connectivity index is 2.30. The molecule has 0 saturated heterocycles. The predicted molar refractivity (Wildman–Crippen MR) is 64.4 cm³/mol. The first-order valence-electron chi connectivity index (χ1n) is 5.40. The van der Waals surface area contributed by atoms with Crippen LogP contribution < -0.4 is 5.32 Å². The number of carbonyl (C=O) groups is 1. The Kier molecular flexibility index (Phi) is 5.42. The number of nitrogens with one attached hydrogen (secondary N) is 1. The first-order chi connectivity index (χ1) is 7.59. The molecule has 0 aliphatic heterocycles. The van der Waals surface area contributed by atoms with Crippen LogP contribution in [0.2, 0.25) is 0 Å². The number of rotatable bonds is 7. The lowest BCUT2D eigenvalue weighted by atomic mass is 9.97. The molecule has 0 spiro atoms. The largest absolute Gasteiger partial charge is 0.481 e. The normalized spacial score (nSPS) is 12.9. The average Bonchev–Trinajstić information content (AvgIpc) is 2.68. The molecule has 16 heavy (non-hydrogen) atoms. The molecular formula is C11H18N2O2S. The van der Waals surface area contributed by atoms with Crippen LogP contribution in [0.1, 0.15) is 26.0 Å². The Bertz CT molecular complexity index is 312. The maximum atomic E-state index is 11.0. The molecule has 4 nitrogen and oxygen atoms in total. The van der Waals surface area contributed by atoms with E-state index < -0.39 is 5.97 Å². The number of aliphatic carboxylic acids is 1. The summed E-state index contributed by atoms with van der Waals surface area (Å²) < 4.78 is 0. The van der Waals surface area contributed by atoms with E-state index in [0.29, 0.717) is 25.4 Å². The van der Waals surface area contributed by atoms with E-state index in [2.05, 4.69) is 10.3 Å². The fourth-order valence-corrected chi connectivity index (χ4v) is 2.10. The molecule has 0 bridgehead atoms. The zero-order valence-corrected chi connectivity index (χ0v) is 10.5. The lowest BCUT2D eigenvalue weighted by molar-refractivity contribution is -0.142. The van der Waals surface area contributed by atoms with Gasteiger partial charge in [0.05, 0.1) is 17.1 Å². The maximum Gasteiger partial charge on any atom is 0.307 e. The van der Waals surface area contributed by atoms with E-state index in [4.69, 9.17) is 5.11 Å². The average molecular weight is 242 g/mol. The standard InChI is InChI=1S/C11H18N2O2S/c1-8(2)3-9(11(14)15)4-12-5-10-6-16-7-13-10/h6-9,12H,3-5H2,1-2H3,(H,14,15). The highest BCUT2D eigenvalue weighted by molar-refractivity contribution is 7.07. The number of carboxylic acid groups (broad SMARTS) is 1. The third-order valence-electron chi connectivity index (χ3n) is 2.29. The second kappa shape index (κ2) is 6.60. The van der Waals surface area contributed by atoms with Gasteiger partial charge in [-0.25, -0.2) is 4.98 Å². The Morgan fingerprint density at radius 3 is 2.88 bits per heavy atom. The van der Waals surface area contributed by atoms with Gasteiger partial charge in [-0.05, 0) is 12.3 Å². The Labute approximate surface area is 99.7 Å². The number of carboxylic acids is 1. The number of hydrogen-bond donors (Lipinski definition) is 2. The van der Waals surface area contributed by atoms with Crippen molar-refractivity contribution in [3.63, 3.8) is 0 Å². The summed E-state index contributed by atoms with van der Waals surface area (Å²) in [4.78, 5) is 15.1. The number of thiazole rings is 1. The highest BCUT2D eigenvalue weighted by Crippen LogP contribution is 2.11. The van der Waals surface area contributed by atoms with Crippen LogP contribution >= 0.6 is 11.3 Å². The molecule has 0 aliphatic carbocycles. The molecule has 5 heteroatoms. The van der Waals surface area contributed by atoms with Crippen LogP contribution in [0.15, 0.2) is 10.9 Å². The second-order valence-electron chi connectivity index (χ2n) is 4.28. The molecule has 0 amide bonds. The van der Waals surface area contributed by atoms with Gasteiger partial charge in [0.1, 0.15) is 0 Å². The van der Waals surface area contributed by atoms with Gasteiger partial charge in [0.15, 0.2) is 0 Å². The SMILES string of the molecule is CC(C)CC(CNCc1cscn1)C(=O)O. The van der Waals surface area contributed by atoms with Crippen molar-refractivity contribution < 1.29 is 9.90 Å². The summed E-state index contributed by atoms with van der Waals surface area (Å²) in [6.45, 7) is 5.23. The molecule has 1 rings (SSSR count). The molecule has 90 valence electrons. The third-order valence-corrected chi connectivity index (χ3v) is 2.92. The summed E-state index contributed by atoms with van der Waals surface area (Å²) in [5, 5.41) is 14.1. The maximum absolute atomic E-state index is 11.0. The molecule has 0 fully saturated rings. The fourth-order valence-electron chi connectivity index (χ4n) is 1.54. The van der Waals surface area contributed by atoms with Gasteiger partial charge in [0.25, 0.3) is 0 Å². The van der Waals surface area contributed by atoms with Gasteiger partial charge in [-0.1, -0.05) is 13.8 Å². The van der Waals surface area contributed by atoms with Gasteiger partial charge >= 0.3 is 5.97 Å². The third kappa shape index (κ3) is 4.72. The molecule has 2 N–H and O–H groups in total. The molecule has 0 aromatic carbocycles.